The zero-order valence-corrected chi connectivity index (χ0v) is 9.66. The van der Waals surface area contributed by atoms with E-state index in [0.717, 1.165) is 17.9 Å². The molecule has 2 aromatic rings. The maximum atomic E-state index is 5.80. The smallest absolute Gasteiger partial charge is 0.224 e. The molecule has 1 N–H and O–H groups in total. The quantitative estimate of drug-likeness (QED) is 0.831. The summed E-state index contributed by atoms with van der Waals surface area (Å²) in [5.41, 5.74) is 0.918. The summed E-state index contributed by atoms with van der Waals surface area (Å²) >= 11 is 5.80. The average molecular weight is 238 g/mol. The summed E-state index contributed by atoms with van der Waals surface area (Å²) < 4.78 is 5.20. The van der Waals surface area contributed by atoms with Gasteiger partial charge in [-0.25, -0.2) is 9.97 Å². The van der Waals surface area contributed by atoms with Crippen LogP contribution in [0.2, 0.25) is 5.28 Å². The molecule has 0 spiro atoms. The zero-order valence-electron chi connectivity index (χ0n) is 8.90. The topological polar surface area (TPSA) is 51.0 Å². The first-order valence-corrected chi connectivity index (χ1v) is 5.45. The van der Waals surface area contributed by atoms with Gasteiger partial charge in [0.2, 0.25) is 5.28 Å². The summed E-state index contributed by atoms with van der Waals surface area (Å²) in [6, 6.07) is 5.63. The van der Waals surface area contributed by atoms with Gasteiger partial charge in [0.05, 0.1) is 12.8 Å². The van der Waals surface area contributed by atoms with E-state index in [-0.39, 0.29) is 5.28 Å². The van der Waals surface area contributed by atoms with Crippen molar-refractivity contribution >= 4 is 17.4 Å². The summed E-state index contributed by atoms with van der Waals surface area (Å²) in [7, 11) is 0. The van der Waals surface area contributed by atoms with Crippen molar-refractivity contribution in [1.29, 1.82) is 0 Å². The van der Waals surface area contributed by atoms with Crippen LogP contribution in [0.1, 0.15) is 18.4 Å². The molecule has 0 radical (unpaired) electrons. The third-order valence-electron chi connectivity index (χ3n) is 2.14. The number of aryl methyl sites for hydroxylation is 1. The van der Waals surface area contributed by atoms with Crippen LogP contribution in [0.4, 0.5) is 5.82 Å². The molecule has 2 rings (SSSR count). The van der Waals surface area contributed by atoms with Crippen molar-refractivity contribution in [2.24, 2.45) is 0 Å². The number of furan rings is 1. The summed E-state index contributed by atoms with van der Waals surface area (Å²) in [6.45, 7) is 2.61. The second-order valence-electron chi connectivity index (χ2n) is 3.30. The molecule has 2 heterocycles. The lowest BCUT2D eigenvalue weighted by Crippen LogP contribution is -2.02. The molecule has 0 saturated heterocycles. The molecular weight excluding hydrogens is 226 g/mol. The first kappa shape index (κ1) is 11.0. The van der Waals surface area contributed by atoms with Crippen LogP contribution in [0, 0.1) is 0 Å². The number of nitrogens with zero attached hydrogens (tertiary/aromatic N) is 2. The van der Waals surface area contributed by atoms with Gasteiger partial charge in [-0.15, -0.1) is 0 Å². The minimum absolute atomic E-state index is 0.265. The Hall–Kier alpha value is -1.55. The van der Waals surface area contributed by atoms with Crippen molar-refractivity contribution in [2.75, 3.05) is 5.32 Å². The Bertz CT molecular complexity index is 456. The number of hydrogen-bond acceptors (Lipinski definition) is 4. The van der Waals surface area contributed by atoms with Gasteiger partial charge in [-0.05, 0) is 30.2 Å². The van der Waals surface area contributed by atoms with Gasteiger partial charge in [-0.3, -0.25) is 0 Å². The van der Waals surface area contributed by atoms with Gasteiger partial charge in [0.15, 0.2) is 0 Å². The van der Waals surface area contributed by atoms with E-state index in [1.165, 1.54) is 0 Å². The fraction of sp³-hybridized carbons (Fsp3) is 0.273. The molecule has 0 bridgehead atoms. The highest BCUT2D eigenvalue weighted by Gasteiger charge is 2.02. The van der Waals surface area contributed by atoms with E-state index in [1.807, 2.05) is 25.1 Å². The highest BCUT2D eigenvalue weighted by molar-refractivity contribution is 6.28. The molecule has 5 heteroatoms. The molecule has 4 nitrogen and oxygen atoms in total. The zero-order chi connectivity index (χ0) is 11.4. The Morgan fingerprint density at radius 2 is 2.31 bits per heavy atom. The van der Waals surface area contributed by atoms with E-state index >= 15 is 0 Å². The van der Waals surface area contributed by atoms with Crippen LogP contribution in [-0.2, 0) is 13.0 Å². The van der Waals surface area contributed by atoms with Crippen LogP contribution in [0.25, 0.3) is 0 Å². The molecule has 0 aromatic carbocycles. The first-order valence-electron chi connectivity index (χ1n) is 5.07. The summed E-state index contributed by atoms with van der Waals surface area (Å²) in [6.07, 6.45) is 2.47. The van der Waals surface area contributed by atoms with Gasteiger partial charge < -0.3 is 9.73 Å². The van der Waals surface area contributed by atoms with E-state index in [4.69, 9.17) is 16.0 Å². The molecule has 2 aromatic heterocycles. The van der Waals surface area contributed by atoms with Gasteiger partial charge in [-0.2, -0.15) is 0 Å². The molecule has 0 aliphatic carbocycles. The second-order valence-corrected chi connectivity index (χ2v) is 3.64. The Labute approximate surface area is 98.7 Å². The van der Waals surface area contributed by atoms with Crippen LogP contribution >= 0.6 is 11.6 Å². The van der Waals surface area contributed by atoms with E-state index in [2.05, 4.69) is 15.3 Å². The van der Waals surface area contributed by atoms with E-state index in [9.17, 15) is 0 Å². The van der Waals surface area contributed by atoms with Crippen LogP contribution in [0.15, 0.2) is 28.9 Å². The maximum Gasteiger partial charge on any atom is 0.224 e. The van der Waals surface area contributed by atoms with Gasteiger partial charge in [-0.1, -0.05) is 6.92 Å². The second kappa shape index (κ2) is 4.99. The first-order chi connectivity index (χ1) is 7.78. The van der Waals surface area contributed by atoms with Gasteiger partial charge >= 0.3 is 0 Å². The lowest BCUT2D eigenvalue weighted by Gasteiger charge is -2.05. The van der Waals surface area contributed by atoms with Crippen molar-refractivity contribution in [3.63, 3.8) is 0 Å². The Balaban J connectivity index is 2.06. The normalized spacial score (nSPS) is 10.4. The Morgan fingerprint density at radius 3 is 3.00 bits per heavy atom. The monoisotopic (exact) mass is 237 g/mol. The van der Waals surface area contributed by atoms with E-state index < -0.39 is 0 Å². The summed E-state index contributed by atoms with van der Waals surface area (Å²) in [4.78, 5) is 8.17. The number of aromatic nitrogens is 2. The maximum absolute atomic E-state index is 5.80. The van der Waals surface area contributed by atoms with E-state index in [1.54, 1.807) is 6.26 Å². The molecule has 0 aliphatic rings. The SMILES string of the molecule is CCc1cc(NCc2ccco2)nc(Cl)n1. The molecule has 0 unspecified atom stereocenters. The Kier molecular flexibility index (Phi) is 3.41. The summed E-state index contributed by atoms with van der Waals surface area (Å²) in [5, 5.41) is 3.40. The summed E-state index contributed by atoms with van der Waals surface area (Å²) in [5.74, 6) is 1.57. The predicted octanol–water partition coefficient (Wildman–Crippen LogP) is 2.90. The van der Waals surface area contributed by atoms with E-state index in [0.29, 0.717) is 12.4 Å². The third kappa shape index (κ3) is 2.73. The number of rotatable bonds is 4. The van der Waals surface area contributed by atoms with Crippen LogP contribution in [0.5, 0.6) is 0 Å². The molecule has 0 atom stereocenters. The molecular formula is C11H12ClN3O. The van der Waals surface area contributed by atoms with Crippen LogP contribution in [0.3, 0.4) is 0 Å². The van der Waals surface area contributed by atoms with Gasteiger partial charge in [0, 0.05) is 11.8 Å². The standard InChI is InChI=1S/C11H12ClN3O/c1-2-8-6-10(15-11(12)14-8)13-7-9-4-3-5-16-9/h3-6H,2,7H2,1H3,(H,13,14,15). The number of nitrogens with one attached hydrogen (secondary N) is 1. The molecule has 0 fully saturated rings. The molecule has 16 heavy (non-hydrogen) atoms. The van der Waals surface area contributed by atoms with Crippen molar-refractivity contribution in [3.05, 3.63) is 41.2 Å². The molecule has 0 saturated carbocycles. The van der Waals surface area contributed by atoms with Crippen molar-refractivity contribution in [1.82, 2.24) is 9.97 Å². The predicted molar refractivity (Wildman–Crippen MR) is 62.5 cm³/mol. The van der Waals surface area contributed by atoms with Gasteiger partial charge in [0.1, 0.15) is 11.6 Å². The largest absolute Gasteiger partial charge is 0.467 e. The molecule has 0 amide bonds. The van der Waals surface area contributed by atoms with Crippen molar-refractivity contribution in [3.8, 4) is 0 Å². The average Bonchev–Trinajstić information content (AvgIpc) is 2.78. The number of hydrogen-bond donors (Lipinski definition) is 1. The highest BCUT2D eigenvalue weighted by atomic mass is 35.5. The molecule has 0 aliphatic heterocycles. The number of halogens is 1. The lowest BCUT2D eigenvalue weighted by atomic mass is 10.3. The van der Waals surface area contributed by atoms with Crippen molar-refractivity contribution in [2.45, 2.75) is 19.9 Å². The van der Waals surface area contributed by atoms with Crippen LogP contribution in [-0.4, -0.2) is 9.97 Å². The third-order valence-corrected chi connectivity index (χ3v) is 2.31. The van der Waals surface area contributed by atoms with Crippen molar-refractivity contribution < 1.29 is 4.42 Å². The van der Waals surface area contributed by atoms with Gasteiger partial charge in [0.25, 0.3) is 0 Å². The van der Waals surface area contributed by atoms with Crippen LogP contribution < -0.4 is 5.32 Å². The Morgan fingerprint density at radius 1 is 1.44 bits per heavy atom. The minimum atomic E-state index is 0.265. The number of anilines is 1. The fourth-order valence-corrected chi connectivity index (χ4v) is 1.53. The highest BCUT2D eigenvalue weighted by Crippen LogP contribution is 2.12. The minimum Gasteiger partial charge on any atom is -0.467 e. The fourth-order valence-electron chi connectivity index (χ4n) is 1.33. The molecule has 84 valence electrons. The lowest BCUT2D eigenvalue weighted by molar-refractivity contribution is 0.518.